The molecular formula is Cu4O4Si. The Bertz CT molecular complexity index is 20.5. The predicted molar refractivity (Wildman–Crippen MR) is 8.50 cm³/mol. The summed E-state index contributed by atoms with van der Waals surface area (Å²) in [6.07, 6.45) is 0. The van der Waals surface area contributed by atoms with Crippen LogP contribution in [0.5, 0.6) is 0 Å². The van der Waals surface area contributed by atoms with E-state index in [1.807, 2.05) is 0 Å². The Morgan fingerprint density at radius 2 is 0.444 bits per heavy atom. The molecule has 0 bridgehead atoms. The van der Waals surface area contributed by atoms with Crippen LogP contribution in [0.1, 0.15) is 0 Å². The van der Waals surface area contributed by atoms with Crippen molar-refractivity contribution in [2.75, 3.05) is 0 Å². The van der Waals surface area contributed by atoms with Crippen molar-refractivity contribution in [2.45, 2.75) is 0 Å². The maximum atomic E-state index is 7.81. The molecule has 0 heterocycles. The molecule has 0 spiro atoms. The monoisotopic (exact) mass is 344 g/mol. The number of rotatable bonds is 0. The van der Waals surface area contributed by atoms with Crippen LogP contribution in [0, 0.1) is 0 Å². The zero-order valence-electron chi connectivity index (χ0n) is 3.34. The van der Waals surface area contributed by atoms with Gasteiger partial charge in [0.25, 0.3) is 0 Å². The summed E-state index contributed by atoms with van der Waals surface area (Å²) in [5.74, 6) is 0. The largest absolute Gasteiger partial charge is 4.00 e. The molecule has 4 nitrogen and oxygen atoms in total. The first-order valence-electron chi connectivity index (χ1n) is 0.492. The van der Waals surface area contributed by atoms with Crippen molar-refractivity contribution in [3.63, 3.8) is 0 Å². The van der Waals surface area contributed by atoms with Crippen molar-refractivity contribution in [1.82, 2.24) is 0 Å². The summed E-state index contributed by atoms with van der Waals surface area (Å²) >= 11 is 11.8. The van der Waals surface area contributed by atoms with Gasteiger partial charge in [-0.3, -0.25) is 0 Å². The zero-order valence-corrected chi connectivity index (χ0v) is 8.11. The van der Waals surface area contributed by atoms with Crippen LogP contribution in [0.2, 0.25) is 0 Å². The molecule has 0 rings (SSSR count). The van der Waals surface area contributed by atoms with Gasteiger partial charge in [0, 0.05) is 0 Å². The summed E-state index contributed by atoms with van der Waals surface area (Å²) in [4.78, 5) is 0. The molecule has 0 aromatic carbocycles. The molecule has 0 saturated heterocycles. The average Bonchev–Trinajstić information content (AvgIpc) is 2.03. The van der Waals surface area contributed by atoms with Gasteiger partial charge in [-0.25, -0.2) is 0 Å². The standard InChI is InChI=1S/4Cu.4O.Si/q4*-1;;;;;+4. The van der Waals surface area contributed by atoms with Gasteiger partial charge in [0.15, 0.2) is 0 Å². The Labute approximate surface area is 89.4 Å². The normalized spacial score (nSPS) is 2.67. The fraction of sp³-hybridized carbons (Fsp3) is 0. The van der Waals surface area contributed by atoms with Crippen LogP contribution in [-0.4, -0.2) is 11.0 Å². The van der Waals surface area contributed by atoms with Crippen molar-refractivity contribution in [3.05, 3.63) is 0 Å². The minimum Gasteiger partial charge on any atom is 4.00 e. The summed E-state index contributed by atoms with van der Waals surface area (Å²) in [6.45, 7) is 0. The first kappa shape index (κ1) is 31.3. The van der Waals surface area contributed by atoms with Gasteiger partial charge in [-0.1, -0.05) is 0 Å². The molecule has 0 aromatic heterocycles. The molecule has 0 unspecified atom stereocenters. The van der Waals surface area contributed by atoms with E-state index in [2.05, 4.69) is 63.8 Å². The van der Waals surface area contributed by atoms with E-state index < -0.39 is 0 Å². The Kier molecular flexibility index (Phi) is 1070. The minimum atomic E-state index is 0. The first-order valence-corrected chi connectivity index (χ1v) is 2.03. The first-order chi connectivity index (χ1) is 4.00. The molecule has 0 aliphatic carbocycles. The van der Waals surface area contributed by atoms with E-state index in [0.717, 1.165) is 0 Å². The van der Waals surface area contributed by atoms with E-state index in [0.29, 0.717) is 0 Å². The van der Waals surface area contributed by atoms with Crippen LogP contribution < -0.4 is 0 Å². The molecule has 0 N–H and O–H groups in total. The fourth-order valence-electron chi connectivity index (χ4n) is 0. The molecule has 0 aliphatic rings. The average molecular weight is 346 g/mol. The quantitative estimate of drug-likeness (QED) is 0.535. The van der Waals surface area contributed by atoms with E-state index in [1.54, 1.807) is 0 Å². The van der Waals surface area contributed by atoms with Crippen LogP contribution in [0.25, 0.3) is 0 Å². The molecule has 0 radical (unpaired) electrons. The van der Waals surface area contributed by atoms with Gasteiger partial charge < -0.3 is 0 Å². The predicted octanol–water partition coefficient (Wildman–Crippen LogP) is -0.866. The molecule has 0 aromatic rings. The summed E-state index contributed by atoms with van der Waals surface area (Å²) in [5.41, 5.74) is 0. The zero-order chi connectivity index (χ0) is 8.00. The van der Waals surface area contributed by atoms with Gasteiger partial charge in [0.1, 0.15) is 0 Å². The van der Waals surface area contributed by atoms with Gasteiger partial charge in [-0.15, -0.1) is 0 Å². The van der Waals surface area contributed by atoms with Crippen LogP contribution in [0.3, 0.4) is 0 Å². The second kappa shape index (κ2) is 307. The Morgan fingerprint density at radius 1 is 0.444 bits per heavy atom. The summed E-state index contributed by atoms with van der Waals surface area (Å²) < 4.78 is 31.2. The van der Waals surface area contributed by atoms with Gasteiger partial charge in [-0.2, -0.15) is 0 Å². The van der Waals surface area contributed by atoms with Crippen molar-refractivity contribution < 1.29 is 79.1 Å². The van der Waals surface area contributed by atoms with Crippen molar-refractivity contribution in [2.24, 2.45) is 0 Å². The van der Waals surface area contributed by atoms with Crippen molar-refractivity contribution in [3.8, 4) is 0 Å². The molecule has 9 heteroatoms. The number of hydrogen-bond donors (Lipinski definition) is 0. The van der Waals surface area contributed by atoms with Crippen molar-refractivity contribution >= 4 is 11.0 Å². The molecule has 0 fully saturated rings. The molecule has 0 aliphatic heterocycles. The molecule has 9 heavy (non-hydrogen) atoms. The van der Waals surface area contributed by atoms with E-state index in [4.69, 9.17) is 15.3 Å². The van der Waals surface area contributed by atoms with E-state index in [9.17, 15) is 0 Å². The Balaban J connectivity index is -0.00000000762. The van der Waals surface area contributed by atoms with E-state index in [-0.39, 0.29) is 11.0 Å². The fourth-order valence-corrected chi connectivity index (χ4v) is 0. The minimum absolute atomic E-state index is 0. The van der Waals surface area contributed by atoms with Gasteiger partial charge >= 0.3 is 90.1 Å². The molecule has 72 valence electrons. The number of hydrogen-bond acceptors (Lipinski definition) is 4. The third-order valence-corrected chi connectivity index (χ3v) is 0. The third-order valence-electron chi connectivity index (χ3n) is 0. The van der Waals surface area contributed by atoms with Gasteiger partial charge in [0.05, 0.1) is 0 Å². The van der Waals surface area contributed by atoms with Gasteiger partial charge in [-0.05, 0) is 0 Å². The SMILES string of the molecule is [O]=[Cu-].[O]=[Cu-].[O]=[Cu-].[O]=[Cu-].[Si+4]. The van der Waals surface area contributed by atoms with E-state index in [1.165, 1.54) is 0 Å². The van der Waals surface area contributed by atoms with Crippen LogP contribution in [-0.2, 0) is 79.1 Å². The Morgan fingerprint density at radius 3 is 0.444 bits per heavy atom. The van der Waals surface area contributed by atoms with Gasteiger partial charge in [0.2, 0.25) is 0 Å². The molecule has 0 saturated carbocycles. The second-order valence-corrected chi connectivity index (χ2v) is 0. The molecular weight excluding hydrogens is 346 g/mol. The van der Waals surface area contributed by atoms with E-state index >= 15 is 0 Å². The third kappa shape index (κ3) is 239. The molecule has 0 atom stereocenters. The second-order valence-electron chi connectivity index (χ2n) is 0. The van der Waals surface area contributed by atoms with Crippen molar-refractivity contribution in [1.29, 1.82) is 0 Å². The smallest absolute Gasteiger partial charge is 4.00 e. The maximum absolute atomic E-state index is 7.81. The van der Waals surface area contributed by atoms with Crippen LogP contribution in [0.15, 0.2) is 0 Å². The topological polar surface area (TPSA) is 68.3 Å². The van der Waals surface area contributed by atoms with Crippen LogP contribution in [0.4, 0.5) is 0 Å². The summed E-state index contributed by atoms with van der Waals surface area (Å²) in [7, 11) is 0. The maximum Gasteiger partial charge on any atom is 4.00 e. The van der Waals surface area contributed by atoms with Crippen LogP contribution >= 0.6 is 0 Å². The Hall–Kier alpha value is 1.49. The summed E-state index contributed by atoms with van der Waals surface area (Å²) in [6, 6.07) is 0. The molecule has 0 amide bonds. The summed E-state index contributed by atoms with van der Waals surface area (Å²) in [5, 5.41) is 0.